The monoisotopic (exact) mass is 233 g/mol. The number of nitrogens with one attached hydrogen (secondary N) is 1. The van der Waals surface area contributed by atoms with Gasteiger partial charge in [0.2, 0.25) is 0 Å². The van der Waals surface area contributed by atoms with Crippen LogP contribution in [0.3, 0.4) is 0 Å². The van der Waals surface area contributed by atoms with E-state index in [0.717, 1.165) is 30.5 Å². The van der Waals surface area contributed by atoms with Crippen molar-refractivity contribution in [3.8, 4) is 11.5 Å². The normalized spacial score (nSPS) is 24.6. The zero-order valence-electron chi connectivity index (χ0n) is 10.2. The molecule has 0 saturated carbocycles. The van der Waals surface area contributed by atoms with Gasteiger partial charge in [-0.2, -0.15) is 0 Å². The van der Waals surface area contributed by atoms with Crippen LogP contribution < -0.4 is 14.8 Å². The summed E-state index contributed by atoms with van der Waals surface area (Å²) >= 11 is 0. The van der Waals surface area contributed by atoms with Gasteiger partial charge in [0.25, 0.3) is 0 Å². The van der Waals surface area contributed by atoms with Crippen LogP contribution in [0.15, 0.2) is 18.2 Å². The summed E-state index contributed by atoms with van der Waals surface area (Å²) in [5.74, 6) is 3.13. The second-order valence-electron chi connectivity index (χ2n) is 4.94. The van der Waals surface area contributed by atoms with Crippen LogP contribution in [-0.4, -0.2) is 26.3 Å². The highest BCUT2D eigenvalue weighted by molar-refractivity contribution is 5.44. The Kier molecular flexibility index (Phi) is 2.93. The third-order valence-electron chi connectivity index (χ3n) is 3.90. The molecule has 0 amide bonds. The van der Waals surface area contributed by atoms with Crippen molar-refractivity contribution >= 4 is 0 Å². The first-order chi connectivity index (χ1) is 8.34. The molecule has 0 bridgehead atoms. The predicted molar refractivity (Wildman–Crippen MR) is 66.8 cm³/mol. The molecule has 2 unspecified atom stereocenters. The van der Waals surface area contributed by atoms with Crippen molar-refractivity contribution in [1.29, 1.82) is 0 Å². The van der Waals surface area contributed by atoms with E-state index in [4.69, 9.17) is 9.47 Å². The van der Waals surface area contributed by atoms with Crippen LogP contribution in [0, 0.1) is 5.92 Å². The third kappa shape index (κ3) is 2.12. The number of hydrogen-bond donors (Lipinski definition) is 1. The fraction of sp³-hybridized carbons (Fsp3) is 0.571. The van der Waals surface area contributed by atoms with Crippen molar-refractivity contribution in [3.05, 3.63) is 23.8 Å². The minimum Gasteiger partial charge on any atom is -0.486 e. The van der Waals surface area contributed by atoms with E-state index in [0.29, 0.717) is 19.1 Å². The first kappa shape index (κ1) is 10.9. The Labute approximate surface area is 102 Å². The summed E-state index contributed by atoms with van der Waals surface area (Å²) in [4.78, 5) is 0. The molecular weight excluding hydrogens is 214 g/mol. The van der Waals surface area contributed by atoms with Crippen molar-refractivity contribution in [2.75, 3.05) is 26.3 Å². The summed E-state index contributed by atoms with van der Waals surface area (Å²) in [7, 11) is 0. The SMILES string of the molecule is CC(c1ccc2c(c1)OCCO2)C1CCNC1. The van der Waals surface area contributed by atoms with E-state index < -0.39 is 0 Å². The van der Waals surface area contributed by atoms with Gasteiger partial charge in [-0.05, 0) is 49.0 Å². The Morgan fingerprint density at radius 2 is 2.06 bits per heavy atom. The zero-order chi connectivity index (χ0) is 11.7. The smallest absolute Gasteiger partial charge is 0.161 e. The zero-order valence-corrected chi connectivity index (χ0v) is 10.2. The molecule has 2 aliphatic rings. The predicted octanol–water partition coefficient (Wildman–Crippen LogP) is 2.17. The van der Waals surface area contributed by atoms with Gasteiger partial charge in [-0.3, -0.25) is 0 Å². The summed E-state index contributed by atoms with van der Waals surface area (Å²) in [6.07, 6.45) is 1.27. The number of fused-ring (bicyclic) bond motifs is 1. The molecule has 2 aliphatic heterocycles. The van der Waals surface area contributed by atoms with Crippen molar-refractivity contribution in [3.63, 3.8) is 0 Å². The fourth-order valence-electron chi connectivity index (χ4n) is 2.72. The lowest BCUT2D eigenvalue weighted by Gasteiger charge is -2.23. The van der Waals surface area contributed by atoms with Crippen molar-refractivity contribution in [2.45, 2.75) is 19.3 Å². The lowest BCUT2D eigenvalue weighted by molar-refractivity contribution is 0.171. The summed E-state index contributed by atoms with van der Waals surface area (Å²) in [6, 6.07) is 6.37. The molecule has 17 heavy (non-hydrogen) atoms. The maximum absolute atomic E-state index is 5.64. The van der Waals surface area contributed by atoms with Gasteiger partial charge < -0.3 is 14.8 Å². The highest BCUT2D eigenvalue weighted by atomic mass is 16.6. The van der Waals surface area contributed by atoms with E-state index in [9.17, 15) is 0 Å². The summed E-state index contributed by atoms with van der Waals surface area (Å²) in [5, 5.41) is 3.43. The van der Waals surface area contributed by atoms with E-state index in [2.05, 4.69) is 24.4 Å². The van der Waals surface area contributed by atoms with Crippen LogP contribution in [0.4, 0.5) is 0 Å². The topological polar surface area (TPSA) is 30.5 Å². The summed E-state index contributed by atoms with van der Waals surface area (Å²) in [5.41, 5.74) is 1.36. The van der Waals surface area contributed by atoms with Gasteiger partial charge in [-0.25, -0.2) is 0 Å². The molecule has 2 atom stereocenters. The maximum atomic E-state index is 5.64. The Hall–Kier alpha value is -1.22. The molecule has 0 spiro atoms. The van der Waals surface area contributed by atoms with Crippen LogP contribution in [-0.2, 0) is 0 Å². The van der Waals surface area contributed by atoms with Crippen LogP contribution in [0.1, 0.15) is 24.8 Å². The standard InChI is InChI=1S/C14H19NO2/c1-10(12-4-5-15-9-12)11-2-3-13-14(8-11)17-7-6-16-13/h2-3,8,10,12,15H,4-7,9H2,1H3. The third-order valence-corrected chi connectivity index (χ3v) is 3.90. The first-order valence-electron chi connectivity index (χ1n) is 6.45. The minimum atomic E-state index is 0.584. The Morgan fingerprint density at radius 1 is 1.24 bits per heavy atom. The van der Waals surface area contributed by atoms with Gasteiger partial charge in [-0.15, -0.1) is 0 Å². The molecule has 3 heteroatoms. The van der Waals surface area contributed by atoms with Gasteiger partial charge in [-0.1, -0.05) is 13.0 Å². The molecule has 1 saturated heterocycles. The summed E-state index contributed by atoms with van der Waals surface area (Å²) in [6.45, 7) is 5.92. The molecule has 1 N–H and O–H groups in total. The highest BCUT2D eigenvalue weighted by Crippen LogP contribution is 2.36. The number of rotatable bonds is 2. The van der Waals surface area contributed by atoms with E-state index >= 15 is 0 Å². The van der Waals surface area contributed by atoms with E-state index in [1.54, 1.807) is 0 Å². The molecule has 0 aliphatic carbocycles. The molecule has 1 aromatic carbocycles. The average molecular weight is 233 g/mol. The number of ether oxygens (including phenoxy) is 2. The second kappa shape index (κ2) is 4.57. The Balaban J connectivity index is 1.82. The number of benzene rings is 1. The van der Waals surface area contributed by atoms with E-state index in [1.807, 2.05) is 6.07 Å². The second-order valence-corrected chi connectivity index (χ2v) is 4.94. The van der Waals surface area contributed by atoms with Crippen molar-refractivity contribution in [1.82, 2.24) is 5.32 Å². The van der Waals surface area contributed by atoms with Crippen LogP contribution in [0.5, 0.6) is 11.5 Å². The van der Waals surface area contributed by atoms with Crippen molar-refractivity contribution in [2.24, 2.45) is 5.92 Å². The lowest BCUT2D eigenvalue weighted by Crippen LogP contribution is -2.17. The molecule has 1 fully saturated rings. The lowest BCUT2D eigenvalue weighted by atomic mass is 9.87. The van der Waals surface area contributed by atoms with Gasteiger partial charge in [0.15, 0.2) is 11.5 Å². The fourth-order valence-corrected chi connectivity index (χ4v) is 2.72. The molecule has 2 heterocycles. The van der Waals surface area contributed by atoms with Gasteiger partial charge in [0.05, 0.1) is 0 Å². The maximum Gasteiger partial charge on any atom is 0.161 e. The molecule has 0 aromatic heterocycles. The molecule has 0 radical (unpaired) electrons. The van der Waals surface area contributed by atoms with E-state index in [1.165, 1.54) is 12.0 Å². The largest absolute Gasteiger partial charge is 0.486 e. The van der Waals surface area contributed by atoms with Gasteiger partial charge in [0.1, 0.15) is 13.2 Å². The van der Waals surface area contributed by atoms with Crippen LogP contribution in [0.25, 0.3) is 0 Å². The van der Waals surface area contributed by atoms with Crippen molar-refractivity contribution < 1.29 is 9.47 Å². The molecule has 1 aromatic rings. The summed E-state index contributed by atoms with van der Waals surface area (Å²) < 4.78 is 11.2. The number of hydrogen-bond acceptors (Lipinski definition) is 3. The van der Waals surface area contributed by atoms with Gasteiger partial charge >= 0.3 is 0 Å². The molecule has 3 nitrogen and oxygen atoms in total. The van der Waals surface area contributed by atoms with Gasteiger partial charge in [0, 0.05) is 0 Å². The minimum absolute atomic E-state index is 0.584. The molecule has 92 valence electrons. The van der Waals surface area contributed by atoms with Crippen LogP contribution >= 0.6 is 0 Å². The average Bonchev–Trinajstić information content (AvgIpc) is 2.91. The highest BCUT2D eigenvalue weighted by Gasteiger charge is 2.23. The van der Waals surface area contributed by atoms with E-state index in [-0.39, 0.29) is 0 Å². The van der Waals surface area contributed by atoms with Crippen LogP contribution in [0.2, 0.25) is 0 Å². The Morgan fingerprint density at radius 3 is 2.82 bits per heavy atom. The molecule has 3 rings (SSSR count). The Bertz CT molecular complexity index is 399. The quantitative estimate of drug-likeness (QED) is 0.849. The molecular formula is C14H19NO2. The first-order valence-corrected chi connectivity index (χ1v) is 6.45.